The number of furan rings is 1. The van der Waals surface area contributed by atoms with E-state index in [2.05, 4.69) is 181 Å². The van der Waals surface area contributed by atoms with Gasteiger partial charge in [0.1, 0.15) is 5.58 Å². The van der Waals surface area contributed by atoms with Gasteiger partial charge in [-0.3, -0.25) is 0 Å². The van der Waals surface area contributed by atoms with Gasteiger partial charge in [-0.2, -0.15) is 0 Å². The molecule has 13 rings (SSSR count). The Morgan fingerprint density at radius 3 is 1.76 bits per heavy atom. The predicted molar refractivity (Wildman–Crippen MR) is 242 cm³/mol. The Morgan fingerprint density at radius 1 is 0.448 bits per heavy atom. The van der Waals surface area contributed by atoms with Crippen molar-refractivity contribution in [3.8, 4) is 33.4 Å². The van der Waals surface area contributed by atoms with E-state index in [0.29, 0.717) is 5.41 Å². The first-order valence-electron chi connectivity index (χ1n) is 21.2. The van der Waals surface area contributed by atoms with Crippen molar-refractivity contribution in [3.63, 3.8) is 0 Å². The minimum absolute atomic E-state index is 0.416. The highest BCUT2D eigenvalue weighted by Crippen LogP contribution is 2.61. The number of anilines is 3. The third-order valence-electron chi connectivity index (χ3n) is 14.0. The van der Waals surface area contributed by atoms with Gasteiger partial charge < -0.3 is 9.32 Å². The second-order valence-corrected chi connectivity index (χ2v) is 17.5. The summed E-state index contributed by atoms with van der Waals surface area (Å²) in [6, 6.07) is 66.8. The summed E-state index contributed by atoms with van der Waals surface area (Å²) in [4.78, 5) is 2.37. The first kappa shape index (κ1) is 33.7. The Labute approximate surface area is 340 Å². The zero-order chi connectivity index (χ0) is 38.2. The summed E-state index contributed by atoms with van der Waals surface area (Å²) in [5.41, 5.74) is 14.3. The number of hydrogen-bond acceptors (Lipinski definition) is 2. The van der Waals surface area contributed by atoms with Gasteiger partial charge in [0.2, 0.25) is 0 Å². The van der Waals surface area contributed by atoms with E-state index in [9.17, 15) is 0 Å². The number of para-hydroxylation sites is 2. The molecule has 0 spiro atoms. The molecule has 0 radical (unpaired) electrons. The van der Waals surface area contributed by atoms with E-state index in [-0.39, 0.29) is 0 Å². The van der Waals surface area contributed by atoms with Crippen molar-refractivity contribution in [1.82, 2.24) is 0 Å². The molecule has 8 aromatic carbocycles. The maximum atomic E-state index is 6.69. The topological polar surface area (TPSA) is 16.4 Å². The zero-order valence-corrected chi connectivity index (χ0v) is 32.7. The molecule has 280 valence electrons. The predicted octanol–water partition coefficient (Wildman–Crippen LogP) is 15.7. The van der Waals surface area contributed by atoms with Crippen LogP contribution in [-0.4, -0.2) is 0 Å². The standard InChI is InChI=1S/C56H45NO/c1-2-10-42(11-3-1)48-17-7-12-43-13-8-18-49(54(43)48)44-14-6-15-47(33-44)57(52-20-9-19-51-50-16-4-5-21-53(50)58-55(51)52)46-28-24-41(25-29-46)40-22-26-45(27-23-40)56-34-37-30-38(35-56)32-39(31-37)36-56/h1-29,33,37-39H,30-32,34-36H2. The summed E-state index contributed by atoms with van der Waals surface area (Å²) in [6.07, 6.45) is 8.64. The summed E-state index contributed by atoms with van der Waals surface area (Å²) >= 11 is 0. The molecule has 0 N–H and O–H groups in total. The molecule has 9 aromatic rings. The third-order valence-corrected chi connectivity index (χ3v) is 14.0. The lowest BCUT2D eigenvalue weighted by Gasteiger charge is -2.57. The van der Waals surface area contributed by atoms with E-state index in [1.165, 1.54) is 82.7 Å². The van der Waals surface area contributed by atoms with Crippen LogP contribution >= 0.6 is 0 Å². The monoisotopic (exact) mass is 747 g/mol. The summed E-state index contributed by atoms with van der Waals surface area (Å²) < 4.78 is 6.69. The highest BCUT2D eigenvalue weighted by molar-refractivity contribution is 6.11. The third kappa shape index (κ3) is 5.53. The number of nitrogens with zero attached hydrogens (tertiary/aromatic N) is 1. The minimum Gasteiger partial charge on any atom is -0.454 e. The molecular formula is C56H45NO. The van der Waals surface area contributed by atoms with E-state index in [1.807, 2.05) is 6.07 Å². The van der Waals surface area contributed by atoms with Gasteiger partial charge in [0.05, 0.1) is 5.69 Å². The van der Waals surface area contributed by atoms with Crippen LogP contribution in [-0.2, 0) is 5.41 Å². The number of benzene rings is 8. The molecule has 0 amide bonds. The van der Waals surface area contributed by atoms with Crippen molar-refractivity contribution in [1.29, 1.82) is 0 Å². The Hall–Kier alpha value is -6.38. The SMILES string of the molecule is c1ccc(-c2cccc3cccc(-c4cccc(N(c5ccc(-c6ccc(C78CC9CC(CC(C9)C7)C8)cc6)cc5)c5cccc6c5oc5ccccc56)c4)c23)cc1. The van der Waals surface area contributed by atoms with Crippen LogP contribution in [0, 0.1) is 17.8 Å². The van der Waals surface area contributed by atoms with Crippen molar-refractivity contribution in [2.24, 2.45) is 17.8 Å². The van der Waals surface area contributed by atoms with Crippen LogP contribution in [0.2, 0.25) is 0 Å². The van der Waals surface area contributed by atoms with Gasteiger partial charge in [0.25, 0.3) is 0 Å². The van der Waals surface area contributed by atoms with Gasteiger partial charge in [-0.05, 0) is 148 Å². The Morgan fingerprint density at radius 2 is 1.03 bits per heavy atom. The second kappa shape index (κ2) is 13.4. The first-order chi connectivity index (χ1) is 28.7. The van der Waals surface area contributed by atoms with Crippen LogP contribution in [0.25, 0.3) is 66.1 Å². The molecule has 2 nitrogen and oxygen atoms in total. The molecule has 1 heterocycles. The van der Waals surface area contributed by atoms with Crippen molar-refractivity contribution < 1.29 is 4.42 Å². The summed E-state index contributed by atoms with van der Waals surface area (Å²) in [5.74, 6) is 2.85. The fourth-order valence-corrected chi connectivity index (χ4v) is 11.9. The van der Waals surface area contributed by atoms with Crippen LogP contribution in [0.4, 0.5) is 17.1 Å². The molecule has 2 heteroatoms. The summed E-state index contributed by atoms with van der Waals surface area (Å²) in [5, 5.41) is 4.74. The molecule has 1 aromatic heterocycles. The lowest BCUT2D eigenvalue weighted by Crippen LogP contribution is -2.48. The fourth-order valence-electron chi connectivity index (χ4n) is 11.9. The van der Waals surface area contributed by atoms with E-state index < -0.39 is 0 Å². The average Bonchev–Trinajstić information content (AvgIpc) is 3.66. The molecular weight excluding hydrogens is 703 g/mol. The molecule has 0 aliphatic heterocycles. The summed E-state index contributed by atoms with van der Waals surface area (Å²) in [6.45, 7) is 0. The summed E-state index contributed by atoms with van der Waals surface area (Å²) in [7, 11) is 0. The molecule has 4 aliphatic rings. The fraction of sp³-hybridized carbons (Fsp3) is 0.179. The Balaban J connectivity index is 0.963. The van der Waals surface area contributed by atoms with Crippen LogP contribution in [0.5, 0.6) is 0 Å². The van der Waals surface area contributed by atoms with Crippen molar-refractivity contribution in [2.45, 2.75) is 43.9 Å². The number of hydrogen-bond donors (Lipinski definition) is 0. The maximum Gasteiger partial charge on any atom is 0.159 e. The van der Waals surface area contributed by atoms with Crippen LogP contribution in [0.15, 0.2) is 186 Å². The normalized spacial score (nSPS) is 20.9. The van der Waals surface area contributed by atoms with Crippen molar-refractivity contribution in [3.05, 3.63) is 188 Å². The van der Waals surface area contributed by atoms with Gasteiger partial charge in [0.15, 0.2) is 5.58 Å². The van der Waals surface area contributed by atoms with Crippen LogP contribution < -0.4 is 4.90 Å². The second-order valence-electron chi connectivity index (χ2n) is 17.5. The number of fused-ring (bicyclic) bond motifs is 4. The van der Waals surface area contributed by atoms with Gasteiger partial charge in [0, 0.05) is 22.1 Å². The van der Waals surface area contributed by atoms with Gasteiger partial charge in [-0.25, -0.2) is 0 Å². The zero-order valence-electron chi connectivity index (χ0n) is 32.7. The molecule has 0 atom stereocenters. The Bertz CT molecular complexity index is 2930. The van der Waals surface area contributed by atoms with E-state index in [4.69, 9.17) is 4.42 Å². The molecule has 4 bridgehead atoms. The first-order valence-corrected chi connectivity index (χ1v) is 21.2. The van der Waals surface area contributed by atoms with Gasteiger partial charge in [-0.1, -0.05) is 146 Å². The van der Waals surface area contributed by atoms with E-state index >= 15 is 0 Å². The van der Waals surface area contributed by atoms with Crippen LogP contribution in [0.3, 0.4) is 0 Å². The highest BCUT2D eigenvalue weighted by Gasteiger charge is 2.51. The van der Waals surface area contributed by atoms with Gasteiger partial charge in [-0.15, -0.1) is 0 Å². The van der Waals surface area contributed by atoms with E-state index in [1.54, 1.807) is 5.56 Å². The molecule has 4 aliphatic carbocycles. The van der Waals surface area contributed by atoms with Crippen molar-refractivity contribution >= 4 is 49.8 Å². The molecule has 0 saturated heterocycles. The Kier molecular flexibility index (Phi) is 7.76. The van der Waals surface area contributed by atoms with Gasteiger partial charge >= 0.3 is 0 Å². The largest absolute Gasteiger partial charge is 0.454 e. The lowest BCUT2D eigenvalue weighted by molar-refractivity contribution is -0.00518. The quantitative estimate of drug-likeness (QED) is 0.161. The molecule has 58 heavy (non-hydrogen) atoms. The molecule has 4 fully saturated rings. The number of rotatable bonds is 7. The minimum atomic E-state index is 0.416. The average molecular weight is 748 g/mol. The lowest BCUT2D eigenvalue weighted by atomic mass is 9.48. The van der Waals surface area contributed by atoms with Crippen LogP contribution in [0.1, 0.15) is 44.1 Å². The smallest absolute Gasteiger partial charge is 0.159 e. The van der Waals surface area contributed by atoms with E-state index in [0.717, 1.165) is 56.8 Å². The molecule has 4 saturated carbocycles. The van der Waals surface area contributed by atoms with Crippen molar-refractivity contribution in [2.75, 3.05) is 4.90 Å². The highest BCUT2D eigenvalue weighted by atomic mass is 16.3. The maximum absolute atomic E-state index is 6.69. The molecule has 0 unspecified atom stereocenters.